The SMILES string of the molecule is NCC1Cc2cc(Cl)c3[nH]c(=O)ccc3c2O1. The van der Waals surface area contributed by atoms with Crippen LogP contribution in [-0.4, -0.2) is 17.6 Å². The molecule has 1 aromatic heterocycles. The largest absolute Gasteiger partial charge is 0.488 e. The van der Waals surface area contributed by atoms with Crippen molar-refractivity contribution in [2.24, 2.45) is 5.73 Å². The Hall–Kier alpha value is -1.52. The fraction of sp³-hybridized carbons (Fsp3) is 0.250. The molecule has 1 aliphatic heterocycles. The van der Waals surface area contributed by atoms with Crippen molar-refractivity contribution in [2.75, 3.05) is 6.54 Å². The molecule has 0 aliphatic carbocycles. The average Bonchev–Trinajstić information content (AvgIpc) is 2.72. The normalized spacial score (nSPS) is 18.1. The van der Waals surface area contributed by atoms with E-state index in [0.717, 1.165) is 23.1 Å². The lowest BCUT2D eigenvalue weighted by Gasteiger charge is -2.08. The first kappa shape index (κ1) is 10.6. The molecular formula is C12H11ClN2O2. The van der Waals surface area contributed by atoms with Crippen LogP contribution >= 0.6 is 11.6 Å². The number of nitrogens with one attached hydrogen (secondary N) is 1. The van der Waals surface area contributed by atoms with Crippen molar-refractivity contribution in [3.63, 3.8) is 0 Å². The molecule has 0 amide bonds. The second-order valence-corrected chi connectivity index (χ2v) is 4.54. The standard InChI is InChI=1S/C12H11ClN2O2/c13-9-4-6-3-7(5-14)17-12(6)8-1-2-10(16)15-11(8)9/h1-2,4,7H,3,5,14H2,(H,15,16). The number of aromatic amines is 1. The van der Waals surface area contributed by atoms with Crippen molar-refractivity contribution in [1.29, 1.82) is 0 Å². The Morgan fingerprint density at radius 1 is 1.53 bits per heavy atom. The lowest BCUT2D eigenvalue weighted by molar-refractivity contribution is 0.244. The van der Waals surface area contributed by atoms with E-state index in [1.165, 1.54) is 6.07 Å². The van der Waals surface area contributed by atoms with Crippen molar-refractivity contribution >= 4 is 22.5 Å². The number of ether oxygens (including phenoxy) is 1. The molecule has 1 aliphatic rings. The van der Waals surface area contributed by atoms with E-state index in [2.05, 4.69) is 4.98 Å². The van der Waals surface area contributed by atoms with Crippen molar-refractivity contribution in [3.8, 4) is 5.75 Å². The highest BCUT2D eigenvalue weighted by Gasteiger charge is 2.25. The van der Waals surface area contributed by atoms with Crippen molar-refractivity contribution in [2.45, 2.75) is 12.5 Å². The first-order chi connectivity index (χ1) is 8.19. The summed E-state index contributed by atoms with van der Waals surface area (Å²) in [7, 11) is 0. The first-order valence-electron chi connectivity index (χ1n) is 5.40. The minimum absolute atomic E-state index is 0.00130. The van der Waals surface area contributed by atoms with E-state index < -0.39 is 0 Å². The van der Waals surface area contributed by atoms with Gasteiger partial charge in [-0.25, -0.2) is 0 Å². The molecule has 4 nitrogen and oxygen atoms in total. The molecule has 0 spiro atoms. The predicted octanol–water partition coefficient (Wildman–Crippen LogP) is 1.44. The van der Waals surface area contributed by atoms with Gasteiger partial charge in [-0.2, -0.15) is 0 Å². The van der Waals surface area contributed by atoms with Crippen molar-refractivity contribution < 1.29 is 4.74 Å². The van der Waals surface area contributed by atoms with E-state index in [4.69, 9.17) is 22.1 Å². The van der Waals surface area contributed by atoms with Gasteiger partial charge in [0.1, 0.15) is 11.9 Å². The first-order valence-corrected chi connectivity index (χ1v) is 5.78. The fourth-order valence-corrected chi connectivity index (χ4v) is 2.47. The molecule has 3 rings (SSSR count). The number of benzene rings is 1. The number of hydrogen-bond acceptors (Lipinski definition) is 3. The zero-order valence-corrected chi connectivity index (χ0v) is 9.75. The average molecular weight is 251 g/mol. The third kappa shape index (κ3) is 1.61. The molecule has 0 fully saturated rings. The van der Waals surface area contributed by atoms with Crippen LogP contribution in [-0.2, 0) is 6.42 Å². The third-order valence-electron chi connectivity index (χ3n) is 2.99. The second kappa shape index (κ2) is 3.75. The molecule has 0 saturated carbocycles. The van der Waals surface area contributed by atoms with Crippen molar-refractivity contribution in [1.82, 2.24) is 4.98 Å². The van der Waals surface area contributed by atoms with Gasteiger partial charge in [0, 0.05) is 30.0 Å². The maximum atomic E-state index is 11.3. The maximum Gasteiger partial charge on any atom is 0.248 e. The number of halogens is 1. The Labute approximate surface area is 102 Å². The van der Waals surface area contributed by atoms with Crippen LogP contribution in [0.15, 0.2) is 23.0 Å². The number of hydrogen-bond donors (Lipinski definition) is 2. The van der Waals surface area contributed by atoms with Gasteiger partial charge in [-0.05, 0) is 12.1 Å². The summed E-state index contributed by atoms with van der Waals surface area (Å²) in [4.78, 5) is 14.0. The lowest BCUT2D eigenvalue weighted by Crippen LogP contribution is -2.24. The Balaban J connectivity index is 2.30. The number of aromatic nitrogens is 1. The number of rotatable bonds is 1. The van der Waals surface area contributed by atoms with E-state index in [9.17, 15) is 4.79 Å². The number of H-pyrrole nitrogens is 1. The number of pyridine rings is 1. The van der Waals surface area contributed by atoms with Gasteiger partial charge in [-0.3, -0.25) is 4.79 Å². The van der Waals surface area contributed by atoms with E-state index in [-0.39, 0.29) is 11.7 Å². The highest BCUT2D eigenvalue weighted by atomic mass is 35.5. The molecule has 1 aromatic carbocycles. The third-order valence-corrected chi connectivity index (χ3v) is 3.29. The summed E-state index contributed by atoms with van der Waals surface area (Å²) in [5, 5.41) is 1.38. The van der Waals surface area contributed by atoms with Gasteiger partial charge in [0.05, 0.1) is 10.5 Å². The van der Waals surface area contributed by atoms with E-state index in [0.29, 0.717) is 17.1 Å². The Kier molecular flexibility index (Phi) is 2.34. The molecule has 1 atom stereocenters. The zero-order valence-electron chi connectivity index (χ0n) is 9.00. The van der Waals surface area contributed by atoms with Gasteiger partial charge < -0.3 is 15.5 Å². The summed E-state index contributed by atoms with van der Waals surface area (Å²) in [6.45, 7) is 0.469. The summed E-state index contributed by atoms with van der Waals surface area (Å²) in [6, 6.07) is 5.04. The molecule has 0 bridgehead atoms. The van der Waals surface area contributed by atoms with Gasteiger partial charge in [-0.15, -0.1) is 0 Å². The predicted molar refractivity (Wildman–Crippen MR) is 66.8 cm³/mol. The monoisotopic (exact) mass is 250 g/mol. The molecule has 1 unspecified atom stereocenters. The van der Waals surface area contributed by atoms with E-state index >= 15 is 0 Å². The Morgan fingerprint density at radius 2 is 2.35 bits per heavy atom. The van der Waals surface area contributed by atoms with Gasteiger partial charge in [0.15, 0.2) is 0 Å². The van der Waals surface area contributed by atoms with Crippen LogP contribution in [0.5, 0.6) is 5.75 Å². The molecular weight excluding hydrogens is 240 g/mol. The van der Waals surface area contributed by atoms with Crippen LogP contribution in [0.4, 0.5) is 0 Å². The molecule has 88 valence electrons. The Morgan fingerprint density at radius 3 is 3.12 bits per heavy atom. The molecule has 2 aromatic rings. The highest BCUT2D eigenvalue weighted by Crippen LogP contribution is 2.38. The minimum Gasteiger partial charge on any atom is -0.488 e. The van der Waals surface area contributed by atoms with Crippen LogP contribution < -0.4 is 16.0 Å². The summed E-state index contributed by atoms with van der Waals surface area (Å²) in [6.07, 6.45) is 0.763. The van der Waals surface area contributed by atoms with Crippen LogP contribution in [0.1, 0.15) is 5.56 Å². The maximum absolute atomic E-state index is 11.3. The van der Waals surface area contributed by atoms with Gasteiger partial charge in [-0.1, -0.05) is 11.6 Å². The number of nitrogens with two attached hydrogens (primary N) is 1. The zero-order chi connectivity index (χ0) is 12.0. The van der Waals surface area contributed by atoms with Gasteiger partial charge >= 0.3 is 0 Å². The molecule has 0 saturated heterocycles. The lowest BCUT2D eigenvalue weighted by atomic mass is 10.1. The van der Waals surface area contributed by atoms with Crippen LogP contribution in [0.3, 0.4) is 0 Å². The topological polar surface area (TPSA) is 68.1 Å². The number of fused-ring (bicyclic) bond motifs is 3. The summed E-state index contributed by atoms with van der Waals surface area (Å²) < 4.78 is 5.76. The van der Waals surface area contributed by atoms with E-state index in [1.807, 2.05) is 6.07 Å². The highest BCUT2D eigenvalue weighted by molar-refractivity contribution is 6.35. The quantitative estimate of drug-likeness (QED) is 0.805. The molecule has 5 heteroatoms. The Bertz CT molecular complexity index is 651. The summed E-state index contributed by atoms with van der Waals surface area (Å²) in [5.74, 6) is 0.788. The molecule has 2 heterocycles. The van der Waals surface area contributed by atoms with Crippen LogP contribution in [0.2, 0.25) is 5.02 Å². The van der Waals surface area contributed by atoms with Gasteiger partial charge in [0.25, 0.3) is 0 Å². The summed E-state index contributed by atoms with van der Waals surface area (Å²) >= 11 is 6.15. The smallest absolute Gasteiger partial charge is 0.248 e. The van der Waals surface area contributed by atoms with Gasteiger partial charge in [0.2, 0.25) is 5.56 Å². The fourth-order valence-electron chi connectivity index (χ4n) is 2.19. The van der Waals surface area contributed by atoms with Crippen LogP contribution in [0, 0.1) is 0 Å². The van der Waals surface area contributed by atoms with Crippen molar-refractivity contribution in [3.05, 3.63) is 39.1 Å². The molecule has 17 heavy (non-hydrogen) atoms. The second-order valence-electron chi connectivity index (χ2n) is 4.14. The minimum atomic E-state index is -0.173. The molecule has 0 radical (unpaired) electrons. The summed E-state index contributed by atoms with van der Waals surface area (Å²) in [5.41, 5.74) is 7.10. The van der Waals surface area contributed by atoms with E-state index in [1.54, 1.807) is 6.07 Å². The molecule has 3 N–H and O–H groups in total. The van der Waals surface area contributed by atoms with Crippen LogP contribution in [0.25, 0.3) is 10.9 Å².